The van der Waals surface area contributed by atoms with E-state index < -0.39 is 0 Å². The predicted molar refractivity (Wildman–Crippen MR) is 122 cm³/mol. The number of hydrogen-bond acceptors (Lipinski definition) is 3. The largest absolute Gasteiger partial charge is 0.352 e. The van der Waals surface area contributed by atoms with Gasteiger partial charge in [-0.05, 0) is 82.4 Å². The van der Waals surface area contributed by atoms with Crippen molar-refractivity contribution in [3.8, 4) is 0 Å². The molecule has 1 fully saturated rings. The van der Waals surface area contributed by atoms with Crippen molar-refractivity contribution < 1.29 is 9.59 Å². The van der Waals surface area contributed by atoms with E-state index >= 15 is 0 Å². The minimum absolute atomic E-state index is 0.100. The summed E-state index contributed by atoms with van der Waals surface area (Å²) >= 11 is 0. The third kappa shape index (κ3) is 6.17. The first-order valence-electron chi connectivity index (χ1n) is 11.0. The Balaban J connectivity index is 1.47. The highest BCUT2D eigenvalue weighted by molar-refractivity contribution is 6.05. The summed E-state index contributed by atoms with van der Waals surface area (Å²) in [7, 11) is 0. The lowest BCUT2D eigenvalue weighted by atomic mass is 10.0. The maximum absolute atomic E-state index is 12.5. The van der Waals surface area contributed by atoms with Crippen LogP contribution in [0.4, 0.5) is 5.69 Å². The van der Waals surface area contributed by atoms with Gasteiger partial charge in [0.15, 0.2) is 0 Å². The molecular formula is C25H33N3O2. The van der Waals surface area contributed by atoms with Crippen LogP contribution in [-0.2, 0) is 0 Å². The molecule has 0 spiro atoms. The standard InChI is InChI=1S/C25H33N3O2/c1-19-13-14-22(18-23(19)27-25(30)21-11-4-3-5-12-21)24(29)26-15-7-9-17-28-16-8-6-10-20(28)2/h3-5,11-14,18,20H,6-10,15-17H2,1-2H3,(H,26,29)(H,27,30). The van der Waals surface area contributed by atoms with E-state index in [1.807, 2.05) is 31.2 Å². The normalized spacial score (nSPS) is 16.8. The summed E-state index contributed by atoms with van der Waals surface area (Å²) in [6, 6.07) is 15.2. The molecule has 0 aromatic heterocycles. The summed E-state index contributed by atoms with van der Waals surface area (Å²) in [6.07, 6.45) is 6.01. The third-order valence-electron chi connectivity index (χ3n) is 5.88. The molecule has 30 heavy (non-hydrogen) atoms. The first-order chi connectivity index (χ1) is 14.5. The minimum atomic E-state index is -0.178. The molecule has 5 heteroatoms. The van der Waals surface area contributed by atoms with E-state index in [1.54, 1.807) is 24.3 Å². The van der Waals surface area contributed by atoms with Crippen molar-refractivity contribution in [3.05, 3.63) is 65.2 Å². The average Bonchev–Trinajstić information content (AvgIpc) is 2.76. The molecule has 2 N–H and O–H groups in total. The monoisotopic (exact) mass is 407 g/mol. The average molecular weight is 408 g/mol. The quantitative estimate of drug-likeness (QED) is 0.627. The highest BCUT2D eigenvalue weighted by atomic mass is 16.2. The van der Waals surface area contributed by atoms with Crippen molar-refractivity contribution in [2.45, 2.75) is 52.0 Å². The van der Waals surface area contributed by atoms with Gasteiger partial charge < -0.3 is 15.5 Å². The van der Waals surface area contributed by atoms with Crippen LogP contribution in [0.25, 0.3) is 0 Å². The molecule has 3 rings (SSSR count). The second kappa shape index (κ2) is 10.9. The fourth-order valence-electron chi connectivity index (χ4n) is 3.92. The number of carbonyl (C=O) groups is 2. The third-order valence-corrected chi connectivity index (χ3v) is 5.88. The summed E-state index contributed by atoms with van der Waals surface area (Å²) in [5, 5.41) is 5.92. The van der Waals surface area contributed by atoms with Crippen LogP contribution in [0, 0.1) is 6.92 Å². The van der Waals surface area contributed by atoms with Gasteiger partial charge in [0.2, 0.25) is 0 Å². The number of aryl methyl sites for hydroxylation is 1. The molecule has 1 aliphatic rings. The fraction of sp³-hybridized carbons (Fsp3) is 0.440. The van der Waals surface area contributed by atoms with Crippen molar-refractivity contribution in [2.75, 3.05) is 25.0 Å². The molecular weight excluding hydrogens is 374 g/mol. The second-order valence-corrected chi connectivity index (χ2v) is 8.19. The van der Waals surface area contributed by atoms with Crippen molar-refractivity contribution in [1.29, 1.82) is 0 Å². The zero-order valence-corrected chi connectivity index (χ0v) is 18.1. The van der Waals surface area contributed by atoms with Crippen LogP contribution < -0.4 is 10.6 Å². The molecule has 1 aliphatic heterocycles. The number of nitrogens with zero attached hydrogens (tertiary/aromatic N) is 1. The van der Waals surface area contributed by atoms with Gasteiger partial charge in [0.05, 0.1) is 0 Å². The molecule has 1 heterocycles. The van der Waals surface area contributed by atoms with E-state index in [1.165, 1.54) is 25.8 Å². The number of nitrogens with one attached hydrogen (secondary N) is 2. The molecule has 2 aromatic rings. The molecule has 0 bridgehead atoms. The van der Waals surface area contributed by atoms with Crippen LogP contribution in [0.1, 0.15) is 65.3 Å². The van der Waals surface area contributed by atoms with Gasteiger partial charge in [-0.1, -0.05) is 30.7 Å². The van der Waals surface area contributed by atoms with E-state index in [0.717, 1.165) is 24.9 Å². The summed E-state index contributed by atoms with van der Waals surface area (Å²) in [4.78, 5) is 27.5. The molecule has 0 aliphatic carbocycles. The van der Waals surface area contributed by atoms with Gasteiger partial charge in [0.25, 0.3) is 11.8 Å². The van der Waals surface area contributed by atoms with Gasteiger partial charge in [-0.15, -0.1) is 0 Å². The van der Waals surface area contributed by atoms with E-state index in [-0.39, 0.29) is 11.8 Å². The first kappa shape index (κ1) is 22.0. The van der Waals surface area contributed by atoms with Crippen LogP contribution in [0.3, 0.4) is 0 Å². The van der Waals surface area contributed by atoms with Crippen LogP contribution >= 0.6 is 0 Å². The van der Waals surface area contributed by atoms with Gasteiger partial charge >= 0.3 is 0 Å². The van der Waals surface area contributed by atoms with Gasteiger partial charge in [-0.25, -0.2) is 0 Å². The predicted octanol–water partition coefficient (Wildman–Crippen LogP) is 4.63. The summed E-state index contributed by atoms with van der Waals surface area (Å²) in [5.74, 6) is -0.278. The van der Waals surface area contributed by atoms with Crippen molar-refractivity contribution in [3.63, 3.8) is 0 Å². The van der Waals surface area contributed by atoms with E-state index in [9.17, 15) is 9.59 Å². The molecule has 1 atom stereocenters. The molecule has 160 valence electrons. The molecule has 0 saturated carbocycles. The SMILES string of the molecule is Cc1ccc(C(=O)NCCCCN2CCCCC2C)cc1NC(=O)c1ccccc1. The smallest absolute Gasteiger partial charge is 0.255 e. The first-order valence-corrected chi connectivity index (χ1v) is 11.0. The van der Waals surface area contributed by atoms with Crippen LogP contribution in [0.5, 0.6) is 0 Å². The lowest BCUT2D eigenvalue weighted by molar-refractivity contribution is 0.0950. The van der Waals surface area contributed by atoms with Crippen molar-refractivity contribution in [2.24, 2.45) is 0 Å². The zero-order chi connectivity index (χ0) is 21.3. The van der Waals surface area contributed by atoms with Gasteiger partial charge in [0, 0.05) is 29.4 Å². The Kier molecular flexibility index (Phi) is 8.03. The van der Waals surface area contributed by atoms with Crippen LogP contribution in [-0.4, -0.2) is 42.4 Å². The number of hydrogen-bond donors (Lipinski definition) is 2. The molecule has 2 amide bonds. The van der Waals surface area contributed by atoms with E-state index in [4.69, 9.17) is 0 Å². The summed E-state index contributed by atoms with van der Waals surface area (Å²) in [5.41, 5.74) is 2.74. The Labute approximate surface area is 179 Å². The highest BCUT2D eigenvalue weighted by Gasteiger charge is 2.17. The molecule has 1 unspecified atom stereocenters. The number of rotatable bonds is 8. The zero-order valence-electron chi connectivity index (χ0n) is 18.1. The Morgan fingerprint density at radius 1 is 1.00 bits per heavy atom. The molecule has 1 saturated heterocycles. The van der Waals surface area contributed by atoms with E-state index in [0.29, 0.717) is 29.4 Å². The Morgan fingerprint density at radius 2 is 1.80 bits per heavy atom. The second-order valence-electron chi connectivity index (χ2n) is 8.19. The number of amides is 2. The summed E-state index contributed by atoms with van der Waals surface area (Å²) < 4.78 is 0. The lowest BCUT2D eigenvalue weighted by Gasteiger charge is -2.33. The molecule has 2 aromatic carbocycles. The number of anilines is 1. The maximum atomic E-state index is 12.5. The maximum Gasteiger partial charge on any atom is 0.255 e. The van der Waals surface area contributed by atoms with Gasteiger partial charge in [0.1, 0.15) is 0 Å². The number of piperidine rings is 1. The van der Waals surface area contributed by atoms with E-state index in [2.05, 4.69) is 22.5 Å². The van der Waals surface area contributed by atoms with Crippen LogP contribution in [0.15, 0.2) is 48.5 Å². The van der Waals surface area contributed by atoms with Crippen molar-refractivity contribution >= 4 is 17.5 Å². The van der Waals surface area contributed by atoms with Gasteiger partial charge in [-0.2, -0.15) is 0 Å². The number of carbonyl (C=O) groups excluding carboxylic acids is 2. The molecule has 5 nitrogen and oxygen atoms in total. The number of unbranched alkanes of at least 4 members (excludes halogenated alkanes) is 1. The van der Waals surface area contributed by atoms with Gasteiger partial charge in [-0.3, -0.25) is 9.59 Å². The Bertz CT molecular complexity index is 851. The summed E-state index contributed by atoms with van der Waals surface area (Å²) in [6.45, 7) is 7.21. The molecule has 0 radical (unpaired) electrons. The Morgan fingerprint density at radius 3 is 2.57 bits per heavy atom. The Hall–Kier alpha value is -2.66. The van der Waals surface area contributed by atoms with Crippen molar-refractivity contribution in [1.82, 2.24) is 10.2 Å². The number of benzene rings is 2. The van der Waals surface area contributed by atoms with Crippen LogP contribution in [0.2, 0.25) is 0 Å². The lowest BCUT2D eigenvalue weighted by Crippen LogP contribution is -2.38. The number of likely N-dealkylation sites (tertiary alicyclic amines) is 1. The topological polar surface area (TPSA) is 61.4 Å². The fourth-order valence-corrected chi connectivity index (χ4v) is 3.92. The minimum Gasteiger partial charge on any atom is -0.352 e. The highest BCUT2D eigenvalue weighted by Crippen LogP contribution is 2.19.